The monoisotopic (exact) mass is 369 g/mol. The third kappa shape index (κ3) is 7.13. The number of hydrogen-bond acceptors (Lipinski definition) is 5. The molecule has 0 radical (unpaired) electrons. The second-order valence-corrected chi connectivity index (χ2v) is 6.86. The van der Waals surface area contributed by atoms with Crippen molar-refractivity contribution in [1.29, 1.82) is 0 Å². The van der Waals surface area contributed by atoms with Crippen molar-refractivity contribution in [3.63, 3.8) is 0 Å². The highest BCUT2D eigenvalue weighted by molar-refractivity contribution is 5.92. The van der Waals surface area contributed by atoms with Gasteiger partial charge in [-0.1, -0.05) is 19.9 Å². The largest absolute Gasteiger partial charge is 0.356 e. The summed E-state index contributed by atoms with van der Waals surface area (Å²) >= 11 is 0. The van der Waals surface area contributed by atoms with Gasteiger partial charge in [-0.3, -0.25) is 19.6 Å². The van der Waals surface area contributed by atoms with E-state index in [9.17, 15) is 9.59 Å². The molecule has 0 saturated carbocycles. The smallest absolute Gasteiger partial charge is 0.274 e. The molecule has 7 nitrogen and oxygen atoms in total. The number of carbonyl (C=O) groups is 2. The maximum absolute atomic E-state index is 12.7. The van der Waals surface area contributed by atoms with Gasteiger partial charge in [0.15, 0.2) is 0 Å². The van der Waals surface area contributed by atoms with Gasteiger partial charge in [0.25, 0.3) is 5.91 Å². The summed E-state index contributed by atoms with van der Waals surface area (Å²) in [6.07, 6.45) is 5.73. The van der Waals surface area contributed by atoms with Crippen LogP contribution in [0.1, 0.15) is 42.1 Å². The number of nitrogens with zero attached hydrogens (tertiary/aromatic N) is 4. The van der Waals surface area contributed by atoms with E-state index in [1.807, 2.05) is 39.0 Å². The van der Waals surface area contributed by atoms with Gasteiger partial charge in [0, 0.05) is 50.6 Å². The highest BCUT2D eigenvalue weighted by Gasteiger charge is 2.19. The Morgan fingerprint density at radius 2 is 1.96 bits per heavy atom. The standard InChI is InChI=1S/C20H27N5O2/c1-15(2)14-25(20(27)18-13-23-16(3)12-24-18)11-8-19(26)22-10-7-17-6-4-5-9-21-17/h4-6,9,12-13,15H,7-8,10-11,14H2,1-3H3,(H,22,26). The fourth-order valence-corrected chi connectivity index (χ4v) is 2.58. The van der Waals surface area contributed by atoms with Gasteiger partial charge in [0.2, 0.25) is 5.91 Å². The van der Waals surface area contributed by atoms with Gasteiger partial charge >= 0.3 is 0 Å². The Hall–Kier alpha value is -2.83. The van der Waals surface area contributed by atoms with Crippen LogP contribution in [0.15, 0.2) is 36.8 Å². The average Bonchev–Trinajstić information content (AvgIpc) is 2.66. The molecule has 2 rings (SSSR count). The number of amides is 2. The van der Waals surface area contributed by atoms with Gasteiger partial charge in [0.05, 0.1) is 11.9 Å². The van der Waals surface area contributed by atoms with Crippen molar-refractivity contribution < 1.29 is 9.59 Å². The minimum atomic E-state index is -0.197. The molecule has 0 bridgehead atoms. The summed E-state index contributed by atoms with van der Waals surface area (Å²) in [5.74, 6) is 0.0135. The second kappa shape index (κ2) is 10.4. The lowest BCUT2D eigenvalue weighted by molar-refractivity contribution is -0.121. The first-order valence-corrected chi connectivity index (χ1v) is 9.20. The SMILES string of the molecule is Cc1cnc(C(=O)N(CCC(=O)NCCc2ccccn2)CC(C)C)cn1. The molecule has 0 saturated heterocycles. The molecule has 0 aromatic carbocycles. The first-order chi connectivity index (χ1) is 13.0. The van der Waals surface area contributed by atoms with Crippen LogP contribution in [0.2, 0.25) is 0 Å². The molecule has 7 heteroatoms. The summed E-state index contributed by atoms with van der Waals surface area (Å²) in [5, 5.41) is 2.88. The fourth-order valence-electron chi connectivity index (χ4n) is 2.58. The summed E-state index contributed by atoms with van der Waals surface area (Å²) in [4.78, 5) is 39.0. The number of nitrogens with one attached hydrogen (secondary N) is 1. The molecule has 0 aliphatic rings. The first kappa shape index (κ1) is 20.5. The van der Waals surface area contributed by atoms with Gasteiger partial charge in [-0.15, -0.1) is 0 Å². The molecule has 2 heterocycles. The van der Waals surface area contributed by atoms with Crippen LogP contribution in [0.5, 0.6) is 0 Å². The molecular formula is C20H27N5O2. The number of hydrogen-bond donors (Lipinski definition) is 1. The van der Waals surface area contributed by atoms with E-state index >= 15 is 0 Å². The molecule has 2 aromatic heterocycles. The van der Waals surface area contributed by atoms with Crippen molar-refractivity contribution in [2.24, 2.45) is 5.92 Å². The topological polar surface area (TPSA) is 88.1 Å². The molecule has 27 heavy (non-hydrogen) atoms. The zero-order chi connectivity index (χ0) is 19.6. The van der Waals surface area contributed by atoms with Gasteiger partial charge in [-0.05, 0) is 25.0 Å². The molecular weight excluding hydrogens is 342 g/mol. The van der Waals surface area contributed by atoms with E-state index in [4.69, 9.17) is 0 Å². The number of rotatable bonds is 9. The van der Waals surface area contributed by atoms with E-state index in [0.29, 0.717) is 37.7 Å². The molecule has 2 amide bonds. The Bertz CT molecular complexity index is 732. The minimum Gasteiger partial charge on any atom is -0.356 e. The first-order valence-electron chi connectivity index (χ1n) is 9.20. The fraction of sp³-hybridized carbons (Fsp3) is 0.450. The predicted molar refractivity (Wildman–Crippen MR) is 103 cm³/mol. The molecule has 0 aliphatic heterocycles. The van der Waals surface area contributed by atoms with Gasteiger partial charge in [-0.25, -0.2) is 4.98 Å². The Morgan fingerprint density at radius 3 is 2.59 bits per heavy atom. The Kier molecular flexibility index (Phi) is 7.85. The lowest BCUT2D eigenvalue weighted by Gasteiger charge is -2.24. The maximum atomic E-state index is 12.7. The molecule has 144 valence electrons. The Balaban J connectivity index is 1.84. The van der Waals surface area contributed by atoms with Crippen molar-refractivity contribution >= 4 is 11.8 Å². The molecule has 2 aromatic rings. The highest BCUT2D eigenvalue weighted by Crippen LogP contribution is 2.06. The molecule has 0 fully saturated rings. The van der Waals surface area contributed by atoms with Crippen LogP contribution in [-0.4, -0.2) is 51.3 Å². The lowest BCUT2D eigenvalue weighted by atomic mass is 10.2. The van der Waals surface area contributed by atoms with Crippen molar-refractivity contribution in [1.82, 2.24) is 25.2 Å². The van der Waals surface area contributed by atoms with E-state index in [2.05, 4.69) is 20.3 Å². The predicted octanol–water partition coefficient (Wildman–Crippen LogP) is 2.03. The number of aryl methyl sites for hydroxylation is 1. The van der Waals surface area contributed by atoms with E-state index in [1.54, 1.807) is 17.3 Å². The van der Waals surface area contributed by atoms with Crippen LogP contribution in [0.4, 0.5) is 0 Å². The van der Waals surface area contributed by atoms with E-state index in [1.165, 1.54) is 6.20 Å². The summed E-state index contributed by atoms with van der Waals surface area (Å²) < 4.78 is 0. The zero-order valence-corrected chi connectivity index (χ0v) is 16.2. The average molecular weight is 369 g/mol. The summed E-state index contributed by atoms with van der Waals surface area (Å²) in [7, 11) is 0. The van der Waals surface area contributed by atoms with Crippen LogP contribution in [0.3, 0.4) is 0 Å². The zero-order valence-electron chi connectivity index (χ0n) is 16.2. The minimum absolute atomic E-state index is 0.0810. The lowest BCUT2D eigenvalue weighted by Crippen LogP contribution is -2.38. The van der Waals surface area contributed by atoms with Crippen LogP contribution in [0, 0.1) is 12.8 Å². The maximum Gasteiger partial charge on any atom is 0.274 e. The second-order valence-electron chi connectivity index (χ2n) is 6.86. The Labute approximate surface area is 160 Å². The van der Waals surface area contributed by atoms with Crippen molar-refractivity contribution in [2.45, 2.75) is 33.6 Å². The van der Waals surface area contributed by atoms with Gasteiger partial charge in [0.1, 0.15) is 5.69 Å². The van der Waals surface area contributed by atoms with E-state index in [0.717, 1.165) is 11.4 Å². The van der Waals surface area contributed by atoms with E-state index in [-0.39, 0.29) is 18.2 Å². The third-order valence-electron chi connectivity index (χ3n) is 3.91. The molecule has 0 unspecified atom stereocenters. The Morgan fingerprint density at radius 1 is 1.15 bits per heavy atom. The van der Waals surface area contributed by atoms with Crippen LogP contribution in [0.25, 0.3) is 0 Å². The molecule has 0 spiro atoms. The van der Waals surface area contributed by atoms with Gasteiger partial charge < -0.3 is 10.2 Å². The highest BCUT2D eigenvalue weighted by atomic mass is 16.2. The summed E-state index contributed by atoms with van der Waals surface area (Å²) in [6.45, 7) is 7.33. The van der Waals surface area contributed by atoms with E-state index < -0.39 is 0 Å². The van der Waals surface area contributed by atoms with Gasteiger partial charge in [-0.2, -0.15) is 0 Å². The van der Waals surface area contributed by atoms with Crippen LogP contribution >= 0.6 is 0 Å². The summed E-state index contributed by atoms with van der Waals surface area (Å²) in [6, 6.07) is 5.71. The molecule has 0 aliphatic carbocycles. The quantitative estimate of drug-likeness (QED) is 0.731. The number of carbonyl (C=O) groups excluding carboxylic acids is 2. The van der Waals surface area contributed by atoms with Crippen molar-refractivity contribution in [3.05, 3.63) is 53.9 Å². The third-order valence-corrected chi connectivity index (χ3v) is 3.91. The normalized spacial score (nSPS) is 10.7. The molecule has 1 N–H and O–H groups in total. The van der Waals surface area contributed by atoms with Crippen LogP contribution < -0.4 is 5.32 Å². The number of pyridine rings is 1. The number of aromatic nitrogens is 3. The van der Waals surface area contributed by atoms with Crippen molar-refractivity contribution in [3.8, 4) is 0 Å². The summed E-state index contributed by atoms with van der Waals surface area (Å²) in [5.41, 5.74) is 2.00. The van der Waals surface area contributed by atoms with Crippen LogP contribution in [-0.2, 0) is 11.2 Å². The molecule has 0 atom stereocenters. The van der Waals surface area contributed by atoms with Crippen molar-refractivity contribution in [2.75, 3.05) is 19.6 Å².